The van der Waals surface area contributed by atoms with Crippen LogP contribution in [0, 0.1) is 10.1 Å². The molecule has 0 aromatic carbocycles. The van der Waals surface area contributed by atoms with Gasteiger partial charge in [-0.15, -0.1) is 0 Å². The SMILES string of the molecule is CCN(SC1=CC=CCC=C1[N+](=O)[O-])C(C)(C)C(C)=O. The highest BCUT2D eigenvalue weighted by Crippen LogP contribution is 2.34. The molecular formula is C14H20N2O3S. The van der Waals surface area contributed by atoms with Crippen LogP contribution in [-0.2, 0) is 4.79 Å². The van der Waals surface area contributed by atoms with Crippen LogP contribution in [0.15, 0.2) is 34.9 Å². The molecule has 0 N–H and O–H groups in total. The van der Waals surface area contributed by atoms with Gasteiger partial charge in [0, 0.05) is 6.54 Å². The Morgan fingerprint density at radius 2 is 2.20 bits per heavy atom. The molecule has 0 unspecified atom stereocenters. The number of nitrogens with zero attached hydrogens (tertiary/aromatic N) is 2. The van der Waals surface area contributed by atoms with Crippen LogP contribution >= 0.6 is 11.9 Å². The maximum Gasteiger partial charge on any atom is 0.280 e. The lowest BCUT2D eigenvalue weighted by Crippen LogP contribution is -2.45. The summed E-state index contributed by atoms with van der Waals surface area (Å²) in [5, 5.41) is 11.1. The van der Waals surface area contributed by atoms with Gasteiger partial charge >= 0.3 is 0 Å². The number of carbonyl (C=O) groups is 1. The monoisotopic (exact) mass is 296 g/mol. The number of carbonyl (C=O) groups excluding carboxylic acids is 1. The number of allylic oxidation sites excluding steroid dienone is 4. The number of ketones is 1. The minimum Gasteiger partial charge on any atom is -0.298 e. The second-order valence-corrected chi connectivity index (χ2v) is 6.01. The summed E-state index contributed by atoms with van der Waals surface area (Å²) in [5.74, 6) is 0.0308. The van der Waals surface area contributed by atoms with Crippen LogP contribution in [0.1, 0.15) is 34.1 Å². The van der Waals surface area contributed by atoms with E-state index in [1.165, 1.54) is 18.9 Å². The first-order valence-corrected chi connectivity index (χ1v) is 7.26. The van der Waals surface area contributed by atoms with E-state index in [4.69, 9.17) is 0 Å². The van der Waals surface area contributed by atoms with Crippen molar-refractivity contribution in [1.29, 1.82) is 0 Å². The summed E-state index contributed by atoms with van der Waals surface area (Å²) in [6.07, 6.45) is 7.54. The van der Waals surface area contributed by atoms with Crippen molar-refractivity contribution in [3.05, 3.63) is 45.0 Å². The van der Waals surface area contributed by atoms with Crippen molar-refractivity contribution in [2.24, 2.45) is 0 Å². The molecule has 0 fully saturated rings. The molecule has 0 aromatic heterocycles. The Labute approximate surface area is 123 Å². The third kappa shape index (κ3) is 3.80. The summed E-state index contributed by atoms with van der Waals surface area (Å²) in [6.45, 7) is 7.74. The predicted octanol–water partition coefficient (Wildman–Crippen LogP) is 3.33. The molecule has 0 bridgehead atoms. The van der Waals surface area contributed by atoms with Crippen molar-refractivity contribution in [1.82, 2.24) is 4.31 Å². The third-order valence-corrected chi connectivity index (χ3v) is 4.74. The molecule has 20 heavy (non-hydrogen) atoms. The van der Waals surface area contributed by atoms with E-state index in [1.807, 2.05) is 37.2 Å². The lowest BCUT2D eigenvalue weighted by molar-refractivity contribution is -0.419. The minimum absolute atomic E-state index is 0.0308. The largest absolute Gasteiger partial charge is 0.298 e. The van der Waals surface area contributed by atoms with Gasteiger partial charge in [0.2, 0.25) is 0 Å². The molecular weight excluding hydrogens is 276 g/mol. The zero-order valence-electron chi connectivity index (χ0n) is 12.3. The van der Waals surface area contributed by atoms with Crippen LogP contribution in [0.5, 0.6) is 0 Å². The molecule has 1 aliphatic carbocycles. The van der Waals surface area contributed by atoms with Crippen molar-refractivity contribution in [2.45, 2.75) is 39.7 Å². The Morgan fingerprint density at radius 3 is 2.70 bits per heavy atom. The average Bonchev–Trinajstić information content (AvgIpc) is 2.60. The first-order valence-electron chi connectivity index (χ1n) is 6.49. The molecule has 0 aromatic rings. The Bertz CT molecular complexity index is 493. The molecule has 6 heteroatoms. The van der Waals surface area contributed by atoms with E-state index in [0.29, 0.717) is 17.9 Å². The summed E-state index contributed by atoms with van der Waals surface area (Å²) in [4.78, 5) is 23.1. The van der Waals surface area contributed by atoms with Crippen LogP contribution in [0.2, 0.25) is 0 Å². The van der Waals surface area contributed by atoms with Crippen LogP contribution < -0.4 is 0 Å². The molecule has 0 aliphatic heterocycles. The van der Waals surface area contributed by atoms with E-state index < -0.39 is 5.54 Å². The number of hydrogen-bond acceptors (Lipinski definition) is 5. The Balaban J connectivity index is 3.04. The Kier molecular flexibility index (Phi) is 5.71. The molecule has 0 heterocycles. The fourth-order valence-corrected chi connectivity index (χ4v) is 2.82. The van der Waals surface area contributed by atoms with Gasteiger partial charge in [-0.2, -0.15) is 0 Å². The molecule has 0 amide bonds. The van der Waals surface area contributed by atoms with Gasteiger partial charge in [0.05, 0.1) is 10.5 Å². The molecule has 1 aliphatic rings. The van der Waals surface area contributed by atoms with E-state index >= 15 is 0 Å². The summed E-state index contributed by atoms with van der Waals surface area (Å²) in [7, 11) is 0. The maximum absolute atomic E-state index is 11.8. The first-order chi connectivity index (χ1) is 9.30. The summed E-state index contributed by atoms with van der Waals surface area (Å²) in [6, 6.07) is 0. The zero-order chi connectivity index (χ0) is 15.3. The van der Waals surface area contributed by atoms with Crippen molar-refractivity contribution in [3.8, 4) is 0 Å². The van der Waals surface area contributed by atoms with E-state index in [2.05, 4.69) is 0 Å². The lowest BCUT2D eigenvalue weighted by Gasteiger charge is -2.34. The fraction of sp³-hybridized carbons (Fsp3) is 0.500. The Hall–Kier alpha value is -1.40. The topological polar surface area (TPSA) is 63.4 Å². The van der Waals surface area contributed by atoms with Crippen LogP contribution in [0.3, 0.4) is 0 Å². The zero-order valence-corrected chi connectivity index (χ0v) is 13.1. The van der Waals surface area contributed by atoms with Crippen molar-refractivity contribution >= 4 is 17.7 Å². The second-order valence-electron chi connectivity index (χ2n) is 4.94. The van der Waals surface area contributed by atoms with Gasteiger partial charge in [0.15, 0.2) is 0 Å². The maximum atomic E-state index is 11.8. The van der Waals surface area contributed by atoms with Crippen molar-refractivity contribution in [2.75, 3.05) is 6.54 Å². The molecule has 0 radical (unpaired) electrons. The van der Waals surface area contributed by atoms with Gasteiger partial charge in [0.25, 0.3) is 5.70 Å². The van der Waals surface area contributed by atoms with E-state index in [0.717, 1.165) is 0 Å². The van der Waals surface area contributed by atoms with Gasteiger partial charge in [-0.25, -0.2) is 4.31 Å². The number of Topliss-reactive ketones (excluding diaryl/α,β-unsaturated/α-hetero) is 1. The summed E-state index contributed by atoms with van der Waals surface area (Å²) in [5.41, 5.74) is -0.573. The molecule has 110 valence electrons. The lowest BCUT2D eigenvalue weighted by atomic mass is 10.0. The molecule has 5 nitrogen and oxygen atoms in total. The molecule has 1 rings (SSSR count). The average molecular weight is 296 g/mol. The van der Waals surface area contributed by atoms with Crippen molar-refractivity contribution < 1.29 is 9.72 Å². The first kappa shape index (κ1) is 16.7. The van der Waals surface area contributed by atoms with Gasteiger partial charge in [-0.05, 0) is 51.3 Å². The quantitative estimate of drug-likeness (QED) is 0.427. The van der Waals surface area contributed by atoms with Gasteiger partial charge < -0.3 is 0 Å². The van der Waals surface area contributed by atoms with Gasteiger partial charge in [-0.1, -0.05) is 19.1 Å². The third-order valence-electron chi connectivity index (χ3n) is 3.26. The van der Waals surface area contributed by atoms with Crippen molar-refractivity contribution in [3.63, 3.8) is 0 Å². The number of hydrogen-bond donors (Lipinski definition) is 0. The second kappa shape index (κ2) is 6.85. The molecule has 0 atom stereocenters. The fourth-order valence-electron chi connectivity index (χ4n) is 1.71. The highest BCUT2D eigenvalue weighted by Gasteiger charge is 2.33. The standard InChI is InChI=1S/C14H20N2O3S/c1-5-15(14(3,4)11(2)17)20-13-10-8-6-7-9-12(13)16(18)19/h6,8-10H,5,7H2,1-4H3. The van der Waals surface area contributed by atoms with Crippen LogP contribution in [0.4, 0.5) is 0 Å². The van der Waals surface area contributed by atoms with E-state index in [1.54, 1.807) is 12.2 Å². The van der Waals surface area contributed by atoms with Gasteiger partial charge in [-0.3, -0.25) is 14.9 Å². The van der Waals surface area contributed by atoms with E-state index in [-0.39, 0.29) is 16.4 Å². The molecule has 0 saturated carbocycles. The predicted molar refractivity (Wildman–Crippen MR) is 81.6 cm³/mol. The Morgan fingerprint density at radius 1 is 1.55 bits per heavy atom. The van der Waals surface area contributed by atoms with E-state index in [9.17, 15) is 14.9 Å². The summed E-state index contributed by atoms with van der Waals surface area (Å²) < 4.78 is 1.87. The molecule has 0 saturated heterocycles. The van der Waals surface area contributed by atoms with Crippen LogP contribution in [0.25, 0.3) is 0 Å². The smallest absolute Gasteiger partial charge is 0.280 e. The van der Waals surface area contributed by atoms with Crippen LogP contribution in [-0.4, -0.2) is 27.1 Å². The number of nitro groups is 1. The number of likely N-dealkylation sites (N-methyl/N-ethyl adjacent to an activating group) is 1. The number of rotatable bonds is 6. The highest BCUT2D eigenvalue weighted by atomic mass is 32.2. The van der Waals surface area contributed by atoms with Gasteiger partial charge in [0.1, 0.15) is 10.7 Å². The minimum atomic E-state index is -0.669. The molecule has 0 spiro atoms. The highest BCUT2D eigenvalue weighted by molar-refractivity contribution is 8.01. The summed E-state index contributed by atoms with van der Waals surface area (Å²) >= 11 is 1.26. The normalized spacial score (nSPS) is 15.7.